The van der Waals surface area contributed by atoms with Gasteiger partial charge in [-0.2, -0.15) is 9.61 Å². The first kappa shape index (κ1) is 22.9. The summed E-state index contributed by atoms with van der Waals surface area (Å²) in [6.07, 6.45) is 1.60. The van der Waals surface area contributed by atoms with Gasteiger partial charge in [0.1, 0.15) is 11.6 Å². The van der Waals surface area contributed by atoms with Gasteiger partial charge in [-0.3, -0.25) is 4.79 Å². The number of amides is 1. The molecule has 3 heterocycles. The van der Waals surface area contributed by atoms with Crippen LogP contribution in [0.15, 0.2) is 54.6 Å². The first-order chi connectivity index (χ1) is 16.9. The zero-order chi connectivity index (χ0) is 24.5. The standard InChI is InChI=1S/C28H31N5O2/c1-18-13-19(2)15-23(14-18)30-28(34)22-9-11-32(12-10-22)27-16-20(3)29-26-17-25(31-33(26)27)21-5-7-24(35-4)8-6-21/h5-8,13-17,22H,9-12H2,1-4H3,(H,30,34). The maximum atomic E-state index is 12.9. The van der Waals surface area contributed by atoms with Crippen LogP contribution in [0.2, 0.25) is 0 Å². The molecule has 1 saturated heterocycles. The van der Waals surface area contributed by atoms with Crippen LogP contribution < -0.4 is 15.0 Å². The minimum Gasteiger partial charge on any atom is -0.497 e. The SMILES string of the molecule is COc1ccc(-c2cc3nc(C)cc(N4CCC(C(=O)Nc5cc(C)cc(C)c5)CC4)n3n2)cc1. The van der Waals surface area contributed by atoms with Crippen LogP contribution in [0.3, 0.4) is 0 Å². The normalized spacial score (nSPS) is 14.3. The second-order valence-electron chi connectivity index (χ2n) is 9.41. The first-order valence-electron chi connectivity index (χ1n) is 12.1. The van der Waals surface area contributed by atoms with Gasteiger partial charge < -0.3 is 15.0 Å². The highest BCUT2D eigenvalue weighted by atomic mass is 16.5. The Balaban J connectivity index is 1.32. The number of methoxy groups -OCH3 is 1. The highest BCUT2D eigenvalue weighted by Crippen LogP contribution is 2.28. The topological polar surface area (TPSA) is 71.8 Å². The highest BCUT2D eigenvalue weighted by Gasteiger charge is 2.27. The molecule has 1 aliphatic rings. The van der Waals surface area contributed by atoms with Crippen molar-refractivity contribution in [3.05, 3.63) is 71.4 Å². The van der Waals surface area contributed by atoms with Crippen molar-refractivity contribution in [3.8, 4) is 17.0 Å². The van der Waals surface area contributed by atoms with Gasteiger partial charge in [0, 0.05) is 48.1 Å². The molecule has 0 atom stereocenters. The van der Waals surface area contributed by atoms with Gasteiger partial charge in [0.2, 0.25) is 5.91 Å². The third-order valence-corrected chi connectivity index (χ3v) is 6.60. The Kier molecular flexibility index (Phi) is 6.16. The summed E-state index contributed by atoms with van der Waals surface area (Å²) in [4.78, 5) is 20.0. The van der Waals surface area contributed by atoms with E-state index in [0.29, 0.717) is 0 Å². The summed E-state index contributed by atoms with van der Waals surface area (Å²) in [6.45, 7) is 7.69. The molecule has 0 aliphatic carbocycles. The van der Waals surface area contributed by atoms with Crippen LogP contribution in [0.25, 0.3) is 16.9 Å². The molecule has 0 bridgehead atoms. The number of nitrogens with one attached hydrogen (secondary N) is 1. The van der Waals surface area contributed by atoms with Crippen molar-refractivity contribution < 1.29 is 9.53 Å². The van der Waals surface area contributed by atoms with Crippen molar-refractivity contribution in [1.29, 1.82) is 0 Å². The molecule has 0 unspecified atom stereocenters. The number of carbonyl (C=O) groups excluding carboxylic acids is 1. The number of benzene rings is 2. The number of carbonyl (C=O) groups is 1. The predicted octanol–water partition coefficient (Wildman–Crippen LogP) is 5.19. The summed E-state index contributed by atoms with van der Waals surface area (Å²) >= 11 is 0. The highest BCUT2D eigenvalue weighted by molar-refractivity contribution is 5.92. The van der Waals surface area contributed by atoms with E-state index in [0.717, 1.165) is 76.9 Å². The molecule has 0 radical (unpaired) electrons. The van der Waals surface area contributed by atoms with Gasteiger partial charge in [-0.15, -0.1) is 0 Å². The fourth-order valence-corrected chi connectivity index (χ4v) is 4.87. The summed E-state index contributed by atoms with van der Waals surface area (Å²) in [7, 11) is 1.66. The van der Waals surface area contributed by atoms with E-state index in [1.807, 2.05) is 67.8 Å². The summed E-state index contributed by atoms with van der Waals surface area (Å²) < 4.78 is 7.19. The van der Waals surface area contributed by atoms with Gasteiger partial charge in [-0.1, -0.05) is 6.07 Å². The largest absolute Gasteiger partial charge is 0.497 e. The molecule has 0 spiro atoms. The van der Waals surface area contributed by atoms with Crippen LogP contribution in [0.1, 0.15) is 29.7 Å². The molecule has 0 saturated carbocycles. The number of hydrogen-bond acceptors (Lipinski definition) is 5. The molecular weight excluding hydrogens is 438 g/mol. The van der Waals surface area contributed by atoms with Crippen molar-refractivity contribution >= 4 is 23.1 Å². The molecule has 5 rings (SSSR count). The van der Waals surface area contributed by atoms with Gasteiger partial charge in [-0.25, -0.2) is 4.98 Å². The quantitative estimate of drug-likeness (QED) is 0.436. The van der Waals surface area contributed by atoms with E-state index in [2.05, 4.69) is 22.3 Å². The molecule has 35 heavy (non-hydrogen) atoms. The van der Waals surface area contributed by atoms with Gasteiger partial charge in [-0.05, 0) is 81.1 Å². The van der Waals surface area contributed by atoms with Crippen molar-refractivity contribution in [3.63, 3.8) is 0 Å². The van der Waals surface area contributed by atoms with E-state index in [9.17, 15) is 4.79 Å². The summed E-state index contributed by atoms with van der Waals surface area (Å²) in [6, 6.07) is 18.1. The second-order valence-corrected chi connectivity index (χ2v) is 9.41. The van der Waals surface area contributed by atoms with E-state index in [1.165, 1.54) is 0 Å². The number of nitrogens with zero attached hydrogens (tertiary/aromatic N) is 4. The first-order valence-corrected chi connectivity index (χ1v) is 12.1. The lowest BCUT2D eigenvalue weighted by atomic mass is 9.95. The van der Waals surface area contributed by atoms with E-state index in [-0.39, 0.29) is 11.8 Å². The second kappa shape index (κ2) is 9.41. The minimum atomic E-state index is -0.00188. The lowest BCUT2D eigenvalue weighted by Crippen LogP contribution is -2.39. The lowest BCUT2D eigenvalue weighted by molar-refractivity contribution is -0.120. The molecule has 1 N–H and O–H groups in total. The van der Waals surface area contributed by atoms with Gasteiger partial charge in [0.25, 0.3) is 0 Å². The van der Waals surface area contributed by atoms with Crippen molar-refractivity contribution in [2.24, 2.45) is 5.92 Å². The monoisotopic (exact) mass is 469 g/mol. The number of anilines is 2. The predicted molar refractivity (Wildman–Crippen MR) is 139 cm³/mol. The maximum absolute atomic E-state index is 12.9. The van der Waals surface area contributed by atoms with Crippen molar-refractivity contribution in [1.82, 2.24) is 14.6 Å². The molecule has 1 fully saturated rings. The number of piperidine rings is 1. The van der Waals surface area contributed by atoms with Crippen LogP contribution >= 0.6 is 0 Å². The number of fused-ring (bicyclic) bond motifs is 1. The van der Waals surface area contributed by atoms with Crippen LogP contribution in [0, 0.1) is 26.7 Å². The average molecular weight is 470 g/mol. The van der Waals surface area contributed by atoms with E-state index < -0.39 is 0 Å². The average Bonchev–Trinajstić information content (AvgIpc) is 3.27. The smallest absolute Gasteiger partial charge is 0.227 e. The summed E-state index contributed by atoms with van der Waals surface area (Å²) in [5, 5.41) is 8.00. The van der Waals surface area contributed by atoms with Crippen LogP contribution in [-0.2, 0) is 4.79 Å². The van der Waals surface area contributed by atoms with E-state index in [1.54, 1.807) is 7.11 Å². The lowest BCUT2D eigenvalue weighted by Gasteiger charge is -2.33. The Labute approximate surface area is 205 Å². The van der Waals surface area contributed by atoms with Crippen LogP contribution in [-0.4, -0.2) is 40.7 Å². The molecule has 1 amide bonds. The molecule has 1 aliphatic heterocycles. The van der Waals surface area contributed by atoms with E-state index in [4.69, 9.17) is 14.8 Å². The van der Waals surface area contributed by atoms with Gasteiger partial charge in [0.05, 0.1) is 12.8 Å². The summed E-state index contributed by atoms with van der Waals surface area (Å²) in [5.41, 5.74) is 6.84. The Morgan fingerprint density at radius 2 is 1.66 bits per heavy atom. The zero-order valence-corrected chi connectivity index (χ0v) is 20.7. The van der Waals surface area contributed by atoms with Crippen LogP contribution in [0.5, 0.6) is 5.75 Å². The maximum Gasteiger partial charge on any atom is 0.227 e. The zero-order valence-electron chi connectivity index (χ0n) is 20.7. The molecule has 7 heteroatoms. The number of hydrogen-bond donors (Lipinski definition) is 1. The van der Waals surface area contributed by atoms with Crippen molar-refractivity contribution in [2.45, 2.75) is 33.6 Å². The molecule has 180 valence electrons. The fraction of sp³-hybridized carbons (Fsp3) is 0.321. The third kappa shape index (κ3) is 4.85. The Bertz CT molecular complexity index is 1350. The minimum absolute atomic E-state index is 0.00188. The fourth-order valence-electron chi connectivity index (χ4n) is 4.87. The third-order valence-electron chi connectivity index (χ3n) is 6.60. The van der Waals surface area contributed by atoms with Crippen LogP contribution in [0.4, 0.5) is 11.5 Å². The van der Waals surface area contributed by atoms with Crippen molar-refractivity contribution in [2.75, 3.05) is 30.4 Å². The summed E-state index contributed by atoms with van der Waals surface area (Å²) in [5.74, 6) is 1.93. The number of aryl methyl sites for hydroxylation is 3. The molecule has 2 aromatic heterocycles. The molecule has 2 aromatic carbocycles. The number of ether oxygens (including phenoxy) is 1. The Hall–Kier alpha value is -3.87. The Morgan fingerprint density at radius 3 is 2.31 bits per heavy atom. The molecule has 4 aromatic rings. The Morgan fingerprint density at radius 1 is 0.971 bits per heavy atom. The number of rotatable bonds is 5. The van der Waals surface area contributed by atoms with Gasteiger partial charge in [0.15, 0.2) is 5.65 Å². The molecule has 7 nitrogen and oxygen atoms in total. The van der Waals surface area contributed by atoms with E-state index >= 15 is 0 Å². The van der Waals surface area contributed by atoms with Gasteiger partial charge >= 0.3 is 0 Å². The number of aromatic nitrogens is 3. The molecular formula is C28H31N5O2.